The molecule has 3 aromatic heterocycles. The van der Waals surface area contributed by atoms with Crippen molar-refractivity contribution in [1.82, 2.24) is 9.55 Å². The first-order valence-corrected chi connectivity index (χ1v) is 15.6. The smallest absolute Gasteiger partial charge is 0.143 e. The Bertz CT molecular complexity index is 2800. The van der Waals surface area contributed by atoms with Crippen LogP contribution in [0.4, 0.5) is 0 Å². The Kier molecular flexibility index (Phi) is 5.28. The molecule has 7 aromatic carbocycles. The first kappa shape index (κ1) is 25.2. The minimum Gasteiger partial charge on any atom is -0.455 e. The fourth-order valence-electron chi connectivity index (χ4n) is 7.29. The van der Waals surface area contributed by atoms with Gasteiger partial charge in [0.25, 0.3) is 0 Å². The molecule has 0 saturated heterocycles. The van der Waals surface area contributed by atoms with Crippen molar-refractivity contribution in [3.05, 3.63) is 158 Å². The fraction of sp³-hybridized carbons (Fsp3) is 0. The van der Waals surface area contributed by atoms with Gasteiger partial charge < -0.3 is 8.98 Å². The lowest BCUT2D eigenvalue weighted by Gasteiger charge is -2.11. The van der Waals surface area contributed by atoms with Gasteiger partial charge in [0.1, 0.15) is 11.2 Å². The zero-order chi connectivity index (χ0) is 30.2. The number of para-hydroxylation sites is 4. The van der Waals surface area contributed by atoms with Gasteiger partial charge in [-0.2, -0.15) is 0 Å². The average molecular weight is 587 g/mol. The maximum Gasteiger partial charge on any atom is 0.143 e. The number of nitrogens with zero attached hydrogens (tertiary/aromatic N) is 2. The van der Waals surface area contributed by atoms with Crippen LogP contribution in [0.25, 0.3) is 93.5 Å². The van der Waals surface area contributed by atoms with Crippen LogP contribution < -0.4 is 0 Å². The Labute approximate surface area is 264 Å². The predicted molar refractivity (Wildman–Crippen MR) is 192 cm³/mol. The lowest BCUT2D eigenvalue weighted by molar-refractivity contribution is 0.670. The van der Waals surface area contributed by atoms with E-state index in [1.54, 1.807) is 0 Å². The molecule has 214 valence electrons. The summed E-state index contributed by atoms with van der Waals surface area (Å²) in [4.78, 5) is 5.18. The number of furan rings is 1. The summed E-state index contributed by atoms with van der Waals surface area (Å²) in [6.07, 6.45) is 0. The molecule has 10 rings (SSSR count). The summed E-state index contributed by atoms with van der Waals surface area (Å²) in [5.74, 6) is 0. The highest BCUT2D eigenvalue weighted by molar-refractivity contribution is 6.14. The molecule has 3 heterocycles. The minimum atomic E-state index is 0.915. The third-order valence-corrected chi connectivity index (χ3v) is 9.40. The van der Waals surface area contributed by atoms with Gasteiger partial charge in [-0.05, 0) is 53.4 Å². The molecule has 3 nitrogen and oxygen atoms in total. The third kappa shape index (κ3) is 3.63. The average Bonchev–Trinajstić information content (AvgIpc) is 3.67. The highest BCUT2D eigenvalue weighted by Crippen LogP contribution is 2.39. The molecule has 0 saturated carbocycles. The van der Waals surface area contributed by atoms with Crippen LogP contribution in [0.2, 0.25) is 0 Å². The first-order chi connectivity index (χ1) is 22.8. The van der Waals surface area contributed by atoms with Gasteiger partial charge in [0, 0.05) is 49.1 Å². The highest BCUT2D eigenvalue weighted by atomic mass is 16.3. The fourth-order valence-corrected chi connectivity index (χ4v) is 7.29. The van der Waals surface area contributed by atoms with Gasteiger partial charge >= 0.3 is 0 Å². The van der Waals surface area contributed by atoms with E-state index in [1.807, 2.05) is 12.1 Å². The van der Waals surface area contributed by atoms with Crippen LogP contribution in [0.1, 0.15) is 0 Å². The number of hydrogen-bond acceptors (Lipinski definition) is 2. The molecule has 0 unspecified atom stereocenters. The van der Waals surface area contributed by atoms with E-state index >= 15 is 0 Å². The molecule has 0 fully saturated rings. The van der Waals surface area contributed by atoms with Crippen LogP contribution >= 0.6 is 0 Å². The molecule has 0 bridgehead atoms. The summed E-state index contributed by atoms with van der Waals surface area (Å²) in [6.45, 7) is 0. The van der Waals surface area contributed by atoms with E-state index < -0.39 is 0 Å². The summed E-state index contributed by atoms with van der Waals surface area (Å²) in [5, 5.41) is 8.29. The van der Waals surface area contributed by atoms with E-state index in [2.05, 4.69) is 150 Å². The van der Waals surface area contributed by atoms with Crippen molar-refractivity contribution in [3.8, 4) is 28.1 Å². The highest BCUT2D eigenvalue weighted by Gasteiger charge is 2.17. The van der Waals surface area contributed by atoms with Gasteiger partial charge in [-0.1, -0.05) is 115 Å². The van der Waals surface area contributed by atoms with E-state index in [-0.39, 0.29) is 0 Å². The van der Waals surface area contributed by atoms with Gasteiger partial charge in [-0.3, -0.25) is 0 Å². The molecule has 0 aliphatic carbocycles. The maximum absolute atomic E-state index is 6.34. The predicted octanol–water partition coefficient (Wildman–Crippen LogP) is 11.7. The Morgan fingerprint density at radius 2 is 1.09 bits per heavy atom. The molecule has 0 aliphatic heterocycles. The molecule has 0 aliphatic rings. The standard InChI is InChI=1S/C43H26N2O/c1-2-14-35-31(10-1)32-11-3-6-17-38(32)44-42(35)28-22-25-40-37(26-28)33-12-4-7-18-39(33)45(40)29-23-20-27(21-24-29)30-15-9-16-36-34-13-5-8-19-41(34)46-43(30)36/h1-26H. The van der Waals surface area contributed by atoms with Crippen molar-refractivity contribution in [3.63, 3.8) is 0 Å². The molecular formula is C43H26N2O. The quantitative estimate of drug-likeness (QED) is 0.193. The Balaban J connectivity index is 1.14. The summed E-state index contributed by atoms with van der Waals surface area (Å²) in [7, 11) is 0. The third-order valence-electron chi connectivity index (χ3n) is 9.40. The number of benzene rings is 7. The molecule has 0 atom stereocenters. The lowest BCUT2D eigenvalue weighted by atomic mass is 9.99. The zero-order valence-electron chi connectivity index (χ0n) is 24.8. The summed E-state index contributed by atoms with van der Waals surface area (Å²) < 4.78 is 8.71. The molecule has 0 N–H and O–H groups in total. The van der Waals surface area contributed by atoms with Gasteiger partial charge in [-0.25, -0.2) is 4.98 Å². The Morgan fingerprint density at radius 1 is 0.435 bits per heavy atom. The molecule has 3 heteroatoms. The monoisotopic (exact) mass is 586 g/mol. The molecule has 0 spiro atoms. The van der Waals surface area contributed by atoms with Crippen molar-refractivity contribution in [1.29, 1.82) is 0 Å². The maximum atomic E-state index is 6.34. The normalized spacial score (nSPS) is 11.9. The van der Waals surface area contributed by atoms with Crippen LogP contribution in [0, 0.1) is 0 Å². The molecule has 0 amide bonds. The van der Waals surface area contributed by atoms with Crippen molar-refractivity contribution in [2.45, 2.75) is 0 Å². The van der Waals surface area contributed by atoms with Crippen molar-refractivity contribution >= 4 is 65.4 Å². The minimum absolute atomic E-state index is 0.915. The number of hydrogen-bond donors (Lipinski definition) is 0. The number of aromatic nitrogens is 2. The first-order valence-electron chi connectivity index (χ1n) is 15.6. The topological polar surface area (TPSA) is 31.0 Å². The van der Waals surface area contributed by atoms with Gasteiger partial charge in [-0.15, -0.1) is 0 Å². The second-order valence-electron chi connectivity index (χ2n) is 11.9. The van der Waals surface area contributed by atoms with Crippen molar-refractivity contribution in [2.24, 2.45) is 0 Å². The number of rotatable bonds is 3. The Morgan fingerprint density at radius 3 is 1.96 bits per heavy atom. The number of fused-ring (bicyclic) bond motifs is 9. The van der Waals surface area contributed by atoms with Crippen LogP contribution in [-0.4, -0.2) is 9.55 Å². The van der Waals surface area contributed by atoms with Crippen molar-refractivity contribution < 1.29 is 4.42 Å². The van der Waals surface area contributed by atoms with Crippen molar-refractivity contribution in [2.75, 3.05) is 0 Å². The summed E-state index contributed by atoms with van der Waals surface area (Å²) in [6, 6.07) is 56.0. The molecular weight excluding hydrogens is 560 g/mol. The van der Waals surface area contributed by atoms with Gasteiger partial charge in [0.2, 0.25) is 0 Å². The summed E-state index contributed by atoms with van der Waals surface area (Å²) in [5.41, 5.74) is 10.7. The lowest BCUT2D eigenvalue weighted by Crippen LogP contribution is -1.94. The molecule has 0 radical (unpaired) electrons. The second-order valence-corrected chi connectivity index (χ2v) is 11.9. The van der Waals surface area contributed by atoms with Crippen LogP contribution in [0.3, 0.4) is 0 Å². The number of pyridine rings is 1. The van der Waals surface area contributed by atoms with E-state index in [0.717, 1.165) is 55.5 Å². The molecule has 46 heavy (non-hydrogen) atoms. The zero-order valence-corrected chi connectivity index (χ0v) is 24.8. The largest absolute Gasteiger partial charge is 0.455 e. The summed E-state index contributed by atoms with van der Waals surface area (Å²) >= 11 is 0. The van der Waals surface area contributed by atoms with Crippen LogP contribution in [-0.2, 0) is 0 Å². The second kappa shape index (κ2) is 9.65. The van der Waals surface area contributed by atoms with E-state index in [1.165, 1.54) is 38.0 Å². The van der Waals surface area contributed by atoms with E-state index in [9.17, 15) is 0 Å². The van der Waals surface area contributed by atoms with E-state index in [0.29, 0.717) is 0 Å². The van der Waals surface area contributed by atoms with Crippen LogP contribution in [0.15, 0.2) is 162 Å². The molecule has 10 aromatic rings. The van der Waals surface area contributed by atoms with Gasteiger partial charge in [0.15, 0.2) is 0 Å². The Hall–Kier alpha value is -6.19. The van der Waals surface area contributed by atoms with Gasteiger partial charge in [0.05, 0.1) is 22.2 Å². The van der Waals surface area contributed by atoms with Crippen LogP contribution in [0.5, 0.6) is 0 Å². The van der Waals surface area contributed by atoms with E-state index in [4.69, 9.17) is 9.40 Å². The SMILES string of the molecule is c1ccc2c(c1)nc(-c1ccc3c(c1)c1ccccc1n3-c1ccc(-c3cccc4c3oc3ccccc34)cc1)c1ccccc12.